The van der Waals surface area contributed by atoms with E-state index in [1.54, 1.807) is 22.2 Å². The van der Waals surface area contributed by atoms with Crippen LogP contribution in [-0.2, 0) is 17.9 Å². The van der Waals surface area contributed by atoms with Crippen LogP contribution in [0.15, 0.2) is 29.8 Å². The average Bonchev–Trinajstić information content (AvgIpc) is 3.43. The molecule has 0 aromatic carbocycles. The summed E-state index contributed by atoms with van der Waals surface area (Å²) in [6.07, 6.45) is 2.54. The van der Waals surface area contributed by atoms with Gasteiger partial charge in [-0.15, -0.1) is 11.3 Å². The van der Waals surface area contributed by atoms with Gasteiger partial charge in [0.05, 0.1) is 27.5 Å². The lowest BCUT2D eigenvalue weighted by Gasteiger charge is -2.07. The van der Waals surface area contributed by atoms with Crippen LogP contribution in [0.1, 0.15) is 23.5 Å². The molecule has 7 nitrogen and oxygen atoms in total. The van der Waals surface area contributed by atoms with Gasteiger partial charge in [0.15, 0.2) is 5.65 Å². The number of nitrogens with zero attached hydrogens (tertiary/aromatic N) is 5. The Hall–Kier alpha value is -2.71. The highest BCUT2D eigenvalue weighted by atomic mass is 35.5. The lowest BCUT2D eigenvalue weighted by Crippen LogP contribution is -2.29. The first-order valence-electron chi connectivity index (χ1n) is 9.78. The van der Waals surface area contributed by atoms with E-state index in [0.29, 0.717) is 18.1 Å². The number of amides is 1. The normalized spacial score (nSPS) is 11.3. The molecule has 0 aliphatic rings. The first-order chi connectivity index (χ1) is 14.5. The van der Waals surface area contributed by atoms with Crippen molar-refractivity contribution in [2.75, 3.05) is 6.54 Å². The highest BCUT2D eigenvalue weighted by Crippen LogP contribution is 2.32. The summed E-state index contributed by atoms with van der Waals surface area (Å²) in [6.45, 7) is 7.19. The minimum absolute atomic E-state index is 0.0888. The number of aromatic nitrogens is 5. The summed E-state index contributed by atoms with van der Waals surface area (Å²) in [5.41, 5.74) is 4.48. The summed E-state index contributed by atoms with van der Waals surface area (Å²) < 4.78 is 3.56. The van der Waals surface area contributed by atoms with Gasteiger partial charge in [-0.3, -0.25) is 9.48 Å². The Labute approximate surface area is 183 Å². The van der Waals surface area contributed by atoms with Crippen molar-refractivity contribution in [1.29, 1.82) is 0 Å². The van der Waals surface area contributed by atoms with Gasteiger partial charge in [0.2, 0.25) is 5.91 Å². The van der Waals surface area contributed by atoms with E-state index in [1.807, 2.05) is 37.6 Å². The fraction of sp³-hybridized carbons (Fsp3) is 0.333. The van der Waals surface area contributed by atoms with E-state index in [-0.39, 0.29) is 12.5 Å². The molecule has 0 aliphatic carbocycles. The van der Waals surface area contributed by atoms with E-state index in [0.717, 1.165) is 40.1 Å². The van der Waals surface area contributed by atoms with E-state index < -0.39 is 0 Å². The molecule has 1 N–H and O–H groups in total. The predicted molar refractivity (Wildman–Crippen MR) is 120 cm³/mol. The molecular weight excluding hydrogens is 420 g/mol. The summed E-state index contributed by atoms with van der Waals surface area (Å²) >= 11 is 7.86. The number of aryl methyl sites for hydroxylation is 3. The van der Waals surface area contributed by atoms with Gasteiger partial charge in [-0.05, 0) is 44.7 Å². The van der Waals surface area contributed by atoms with Gasteiger partial charge in [0.1, 0.15) is 6.54 Å². The third kappa shape index (κ3) is 3.97. The van der Waals surface area contributed by atoms with Crippen molar-refractivity contribution in [3.63, 3.8) is 0 Å². The zero-order valence-corrected chi connectivity index (χ0v) is 18.7. The molecular formula is C21H23ClN6OS. The molecule has 0 aliphatic heterocycles. The number of fused-ring (bicyclic) bond motifs is 1. The summed E-state index contributed by atoms with van der Waals surface area (Å²) in [7, 11) is 0. The fourth-order valence-corrected chi connectivity index (χ4v) is 4.46. The first-order valence-corrected chi connectivity index (χ1v) is 11.0. The molecule has 1 amide bonds. The van der Waals surface area contributed by atoms with Crippen LogP contribution >= 0.6 is 22.9 Å². The van der Waals surface area contributed by atoms with Gasteiger partial charge in [0.25, 0.3) is 0 Å². The van der Waals surface area contributed by atoms with Gasteiger partial charge < -0.3 is 5.32 Å². The van der Waals surface area contributed by atoms with Crippen LogP contribution in [0, 0.1) is 20.8 Å². The van der Waals surface area contributed by atoms with E-state index >= 15 is 0 Å². The minimum Gasteiger partial charge on any atom is -0.354 e. The van der Waals surface area contributed by atoms with Gasteiger partial charge in [0, 0.05) is 29.7 Å². The largest absolute Gasteiger partial charge is 0.354 e. The number of carbonyl (C=O) groups excluding carboxylic acids is 1. The fourth-order valence-electron chi connectivity index (χ4n) is 3.57. The second-order valence-electron chi connectivity index (χ2n) is 7.19. The maximum atomic E-state index is 12.5. The van der Waals surface area contributed by atoms with Crippen LogP contribution in [0.3, 0.4) is 0 Å². The highest BCUT2D eigenvalue weighted by molar-refractivity contribution is 7.13. The molecule has 0 saturated heterocycles. The minimum atomic E-state index is -0.0888. The summed E-state index contributed by atoms with van der Waals surface area (Å²) in [6, 6.07) is 6.11. The summed E-state index contributed by atoms with van der Waals surface area (Å²) in [5.74, 6) is -0.0888. The molecule has 30 heavy (non-hydrogen) atoms. The van der Waals surface area contributed by atoms with Crippen molar-refractivity contribution < 1.29 is 4.79 Å². The number of hydrogen-bond donors (Lipinski definition) is 1. The third-order valence-electron chi connectivity index (χ3n) is 5.05. The van der Waals surface area contributed by atoms with Crippen LogP contribution < -0.4 is 5.32 Å². The third-order valence-corrected chi connectivity index (χ3v) is 6.50. The Morgan fingerprint density at radius 3 is 2.67 bits per heavy atom. The van der Waals surface area contributed by atoms with Gasteiger partial charge in [-0.2, -0.15) is 10.2 Å². The van der Waals surface area contributed by atoms with Crippen molar-refractivity contribution in [3.8, 4) is 10.4 Å². The lowest BCUT2D eigenvalue weighted by molar-refractivity contribution is -0.121. The number of carbonyl (C=O) groups is 1. The number of rotatable bonds is 7. The summed E-state index contributed by atoms with van der Waals surface area (Å²) in [5, 5.41) is 15.7. The second-order valence-corrected chi connectivity index (χ2v) is 8.51. The van der Waals surface area contributed by atoms with Crippen LogP contribution in [0.2, 0.25) is 5.02 Å². The van der Waals surface area contributed by atoms with Gasteiger partial charge >= 0.3 is 0 Å². The molecule has 0 atom stereocenters. The van der Waals surface area contributed by atoms with Crippen molar-refractivity contribution in [1.82, 2.24) is 29.9 Å². The van der Waals surface area contributed by atoms with Crippen LogP contribution in [0.25, 0.3) is 21.5 Å². The first kappa shape index (κ1) is 20.6. The van der Waals surface area contributed by atoms with E-state index in [2.05, 4.69) is 31.9 Å². The molecule has 0 spiro atoms. The predicted octanol–water partition coefficient (Wildman–Crippen LogP) is 4.14. The number of hydrogen-bond acceptors (Lipinski definition) is 5. The average molecular weight is 443 g/mol. The molecule has 4 aromatic rings. The molecule has 4 aromatic heterocycles. The number of nitrogens with one attached hydrogen (secondary N) is 1. The maximum Gasteiger partial charge on any atom is 0.241 e. The SMILES string of the molecule is Cc1nn(CCCNC(=O)Cn2nc(C)c3c(-c4cccs4)ccnc32)c(C)c1Cl. The van der Waals surface area contributed by atoms with Crippen molar-refractivity contribution in [2.24, 2.45) is 0 Å². The number of pyridine rings is 1. The topological polar surface area (TPSA) is 77.6 Å². The molecule has 4 rings (SSSR count). The molecule has 0 saturated carbocycles. The maximum absolute atomic E-state index is 12.5. The van der Waals surface area contributed by atoms with Crippen LogP contribution in [-0.4, -0.2) is 37.0 Å². The van der Waals surface area contributed by atoms with E-state index in [4.69, 9.17) is 11.6 Å². The van der Waals surface area contributed by atoms with Gasteiger partial charge in [-0.25, -0.2) is 9.67 Å². The zero-order chi connectivity index (χ0) is 21.3. The molecule has 4 heterocycles. The Morgan fingerprint density at radius 2 is 1.97 bits per heavy atom. The van der Waals surface area contributed by atoms with Crippen molar-refractivity contribution in [3.05, 3.63) is 51.9 Å². The zero-order valence-electron chi connectivity index (χ0n) is 17.1. The quantitative estimate of drug-likeness (QED) is 0.436. The molecule has 0 bridgehead atoms. The second kappa shape index (κ2) is 8.57. The molecule has 9 heteroatoms. The van der Waals surface area contributed by atoms with E-state index in [9.17, 15) is 4.79 Å². The standard InChI is InChI=1S/C21H23ClN6OS/c1-13-19-16(17-6-4-11-30-17)7-9-24-21(19)28(25-13)12-18(29)23-8-5-10-27-15(3)20(22)14(2)26-27/h4,6-7,9,11H,5,8,10,12H2,1-3H3,(H,23,29). The molecule has 0 radical (unpaired) electrons. The van der Waals surface area contributed by atoms with Gasteiger partial charge in [-0.1, -0.05) is 17.7 Å². The highest BCUT2D eigenvalue weighted by Gasteiger charge is 2.16. The monoisotopic (exact) mass is 442 g/mol. The van der Waals surface area contributed by atoms with E-state index in [1.165, 1.54) is 4.88 Å². The smallest absolute Gasteiger partial charge is 0.241 e. The van der Waals surface area contributed by atoms with Crippen LogP contribution in [0.4, 0.5) is 0 Å². The van der Waals surface area contributed by atoms with Crippen LogP contribution in [0.5, 0.6) is 0 Å². The Balaban J connectivity index is 1.40. The summed E-state index contributed by atoms with van der Waals surface area (Å²) in [4.78, 5) is 18.1. The Bertz CT molecular complexity index is 1190. The lowest BCUT2D eigenvalue weighted by atomic mass is 10.1. The van der Waals surface area contributed by atoms with Crippen molar-refractivity contribution in [2.45, 2.75) is 40.3 Å². The Kier molecular flexibility index (Phi) is 5.87. The molecule has 0 fully saturated rings. The number of halogens is 1. The Morgan fingerprint density at radius 1 is 1.17 bits per heavy atom. The number of thiophene rings is 1. The molecule has 156 valence electrons. The molecule has 0 unspecified atom stereocenters. The van der Waals surface area contributed by atoms with Crippen molar-refractivity contribution >= 4 is 39.9 Å².